The molecule has 0 radical (unpaired) electrons. The Bertz CT molecular complexity index is 433. The Kier molecular flexibility index (Phi) is 3.47. The van der Waals surface area contributed by atoms with E-state index < -0.39 is 24.1 Å². The Balaban J connectivity index is 1.93. The Hall–Kier alpha value is -2.09. The van der Waals surface area contributed by atoms with Crippen molar-refractivity contribution >= 4 is 12.0 Å². The number of aromatic nitrogens is 2. The fourth-order valence-electron chi connectivity index (χ4n) is 1.93. The van der Waals surface area contributed by atoms with Crippen LogP contribution in [0, 0.1) is 0 Å². The quantitative estimate of drug-likeness (QED) is 0.559. The molecule has 1 aliphatic rings. The summed E-state index contributed by atoms with van der Waals surface area (Å²) in [5, 5.41) is 27.3. The number of likely N-dealkylation sites (tertiary alicyclic amines) is 1. The van der Waals surface area contributed by atoms with Crippen molar-refractivity contribution in [1.29, 1.82) is 0 Å². The number of carboxylic acids is 1. The van der Waals surface area contributed by atoms with Crippen molar-refractivity contribution in [2.24, 2.45) is 0 Å². The lowest BCUT2D eigenvalue weighted by atomic mass is 10.2. The molecule has 8 nitrogen and oxygen atoms in total. The van der Waals surface area contributed by atoms with E-state index in [0.29, 0.717) is 0 Å². The van der Waals surface area contributed by atoms with Gasteiger partial charge in [0, 0.05) is 31.3 Å². The minimum Gasteiger partial charge on any atom is -0.480 e. The third-order valence-electron chi connectivity index (χ3n) is 2.82. The first-order valence-electron chi connectivity index (χ1n) is 5.51. The van der Waals surface area contributed by atoms with Gasteiger partial charge in [-0.1, -0.05) is 0 Å². The van der Waals surface area contributed by atoms with Crippen LogP contribution in [-0.4, -0.2) is 56.0 Å². The molecule has 4 N–H and O–H groups in total. The van der Waals surface area contributed by atoms with Crippen LogP contribution in [0.3, 0.4) is 0 Å². The number of hydrogen-bond donors (Lipinski definition) is 4. The highest BCUT2D eigenvalue weighted by Crippen LogP contribution is 2.18. The van der Waals surface area contributed by atoms with Crippen LogP contribution in [-0.2, 0) is 11.3 Å². The molecule has 2 atom stereocenters. The van der Waals surface area contributed by atoms with Gasteiger partial charge in [-0.15, -0.1) is 0 Å². The average molecular weight is 254 g/mol. The molecule has 0 bridgehead atoms. The van der Waals surface area contributed by atoms with E-state index in [4.69, 9.17) is 5.11 Å². The van der Waals surface area contributed by atoms with Gasteiger partial charge in [0.25, 0.3) is 0 Å². The molecule has 0 aliphatic carbocycles. The van der Waals surface area contributed by atoms with Crippen LogP contribution in [0.25, 0.3) is 0 Å². The summed E-state index contributed by atoms with van der Waals surface area (Å²) in [4.78, 5) is 23.9. The van der Waals surface area contributed by atoms with Crippen molar-refractivity contribution in [1.82, 2.24) is 20.4 Å². The first kappa shape index (κ1) is 12.4. The first-order valence-corrected chi connectivity index (χ1v) is 5.51. The Morgan fingerprint density at radius 3 is 3.00 bits per heavy atom. The second kappa shape index (κ2) is 5.05. The van der Waals surface area contributed by atoms with E-state index in [9.17, 15) is 14.7 Å². The molecule has 2 rings (SSSR count). The maximum atomic E-state index is 11.8. The third-order valence-corrected chi connectivity index (χ3v) is 2.82. The number of hydrogen-bond acceptors (Lipinski definition) is 4. The van der Waals surface area contributed by atoms with Crippen LogP contribution in [0.15, 0.2) is 12.4 Å². The van der Waals surface area contributed by atoms with Gasteiger partial charge in [-0.3, -0.25) is 5.10 Å². The normalized spacial score (nSPS) is 23.1. The van der Waals surface area contributed by atoms with Gasteiger partial charge in [0.05, 0.1) is 12.3 Å². The number of aromatic amines is 1. The molecule has 1 aromatic rings. The maximum absolute atomic E-state index is 11.8. The van der Waals surface area contributed by atoms with Crippen molar-refractivity contribution in [3.8, 4) is 0 Å². The Morgan fingerprint density at radius 1 is 1.61 bits per heavy atom. The number of nitrogens with zero attached hydrogens (tertiary/aromatic N) is 2. The number of aliphatic hydroxyl groups is 1. The number of urea groups is 1. The number of carbonyl (C=O) groups excluding carboxylic acids is 1. The largest absolute Gasteiger partial charge is 0.480 e. The fraction of sp³-hybridized carbons (Fsp3) is 0.500. The van der Waals surface area contributed by atoms with Crippen molar-refractivity contribution in [2.45, 2.75) is 25.1 Å². The zero-order chi connectivity index (χ0) is 13.1. The summed E-state index contributed by atoms with van der Waals surface area (Å²) >= 11 is 0. The van der Waals surface area contributed by atoms with Gasteiger partial charge < -0.3 is 20.4 Å². The van der Waals surface area contributed by atoms with E-state index in [1.54, 1.807) is 12.4 Å². The van der Waals surface area contributed by atoms with Crippen LogP contribution in [0.2, 0.25) is 0 Å². The van der Waals surface area contributed by atoms with Crippen molar-refractivity contribution < 1.29 is 19.8 Å². The molecule has 1 aromatic heterocycles. The van der Waals surface area contributed by atoms with Crippen molar-refractivity contribution in [3.63, 3.8) is 0 Å². The number of amides is 2. The second-order valence-corrected chi connectivity index (χ2v) is 4.16. The molecule has 1 aliphatic heterocycles. The molecule has 1 fully saturated rings. The minimum atomic E-state index is -1.11. The first-order chi connectivity index (χ1) is 8.58. The molecule has 1 saturated heterocycles. The number of nitrogens with one attached hydrogen (secondary N) is 2. The molecule has 0 saturated carbocycles. The Labute approximate surface area is 103 Å². The summed E-state index contributed by atoms with van der Waals surface area (Å²) in [6, 6.07) is -1.47. The average Bonchev–Trinajstić information content (AvgIpc) is 2.94. The SMILES string of the molecule is O=C(O)[C@@H]1CC(O)CN1C(=O)NCc1cn[nH]c1. The van der Waals surface area contributed by atoms with Gasteiger partial charge >= 0.3 is 12.0 Å². The Morgan fingerprint density at radius 2 is 2.39 bits per heavy atom. The van der Waals surface area contributed by atoms with Gasteiger partial charge in [-0.25, -0.2) is 9.59 Å². The molecule has 98 valence electrons. The van der Waals surface area contributed by atoms with E-state index in [2.05, 4.69) is 15.5 Å². The lowest BCUT2D eigenvalue weighted by Gasteiger charge is -2.21. The van der Waals surface area contributed by atoms with Crippen LogP contribution in [0.1, 0.15) is 12.0 Å². The van der Waals surface area contributed by atoms with Crippen LogP contribution in [0.4, 0.5) is 4.79 Å². The molecular weight excluding hydrogens is 240 g/mol. The molecule has 0 aromatic carbocycles. The minimum absolute atomic E-state index is 0.0359. The zero-order valence-electron chi connectivity index (χ0n) is 9.54. The maximum Gasteiger partial charge on any atom is 0.326 e. The fourth-order valence-corrected chi connectivity index (χ4v) is 1.93. The van der Waals surface area contributed by atoms with Crippen LogP contribution >= 0.6 is 0 Å². The zero-order valence-corrected chi connectivity index (χ0v) is 9.54. The molecule has 2 heterocycles. The van der Waals surface area contributed by atoms with Gasteiger partial charge in [0.1, 0.15) is 6.04 Å². The van der Waals surface area contributed by atoms with E-state index in [1.807, 2.05) is 0 Å². The molecular formula is C10H14N4O4. The van der Waals surface area contributed by atoms with Gasteiger partial charge in [-0.05, 0) is 0 Å². The number of H-pyrrole nitrogens is 1. The van der Waals surface area contributed by atoms with Crippen molar-refractivity contribution in [2.75, 3.05) is 6.54 Å². The molecule has 2 amide bonds. The van der Waals surface area contributed by atoms with Crippen LogP contribution in [0.5, 0.6) is 0 Å². The summed E-state index contributed by atoms with van der Waals surface area (Å²) in [6.07, 6.45) is 2.47. The van der Waals surface area contributed by atoms with Crippen LogP contribution < -0.4 is 5.32 Å². The number of carboxylic acid groups (broad SMARTS) is 1. The lowest BCUT2D eigenvalue weighted by Crippen LogP contribution is -2.45. The van der Waals surface area contributed by atoms with E-state index >= 15 is 0 Å². The summed E-state index contributed by atoms with van der Waals surface area (Å²) in [5.41, 5.74) is 0.787. The molecule has 0 spiro atoms. The van der Waals surface area contributed by atoms with Gasteiger partial charge in [0.15, 0.2) is 0 Å². The van der Waals surface area contributed by atoms with E-state index in [1.165, 1.54) is 0 Å². The number of rotatable bonds is 3. The summed E-state index contributed by atoms with van der Waals surface area (Å²) in [7, 11) is 0. The highest BCUT2D eigenvalue weighted by molar-refractivity contribution is 5.83. The monoisotopic (exact) mass is 254 g/mol. The highest BCUT2D eigenvalue weighted by Gasteiger charge is 2.38. The molecule has 18 heavy (non-hydrogen) atoms. The number of aliphatic carboxylic acids is 1. The predicted octanol–water partition coefficient (Wildman–Crippen LogP) is -0.861. The summed E-state index contributed by atoms with van der Waals surface area (Å²) < 4.78 is 0. The van der Waals surface area contributed by atoms with E-state index in [0.717, 1.165) is 10.5 Å². The summed E-state index contributed by atoms with van der Waals surface area (Å²) in [5.74, 6) is -1.11. The molecule has 1 unspecified atom stereocenters. The number of carbonyl (C=O) groups is 2. The number of β-amino-alcohol motifs (C(OH)–C–C–N with tert-alkyl or cyclic N) is 1. The van der Waals surface area contributed by atoms with Gasteiger partial charge in [-0.2, -0.15) is 5.10 Å². The topological polar surface area (TPSA) is 119 Å². The third kappa shape index (κ3) is 2.59. The van der Waals surface area contributed by atoms with Crippen molar-refractivity contribution in [3.05, 3.63) is 18.0 Å². The lowest BCUT2D eigenvalue weighted by molar-refractivity contribution is -0.141. The standard InChI is InChI=1S/C10H14N4O4/c15-7-1-8(9(16)17)14(5-7)10(18)11-2-6-3-12-13-4-6/h3-4,7-8,15H,1-2,5H2,(H,11,18)(H,12,13)(H,16,17)/t7?,8-/m0/s1. The van der Waals surface area contributed by atoms with Gasteiger partial charge in [0.2, 0.25) is 0 Å². The second-order valence-electron chi connectivity index (χ2n) is 4.16. The smallest absolute Gasteiger partial charge is 0.326 e. The summed E-state index contributed by atoms with van der Waals surface area (Å²) in [6.45, 7) is 0.294. The number of aliphatic hydroxyl groups excluding tert-OH is 1. The highest BCUT2D eigenvalue weighted by atomic mass is 16.4. The molecule has 8 heteroatoms. The van der Waals surface area contributed by atoms with E-state index in [-0.39, 0.29) is 19.5 Å². The predicted molar refractivity (Wildman–Crippen MR) is 59.6 cm³/mol.